The molecule has 18 heavy (non-hydrogen) atoms. The molecule has 4 N–H and O–H groups in total. The highest BCUT2D eigenvalue weighted by atomic mass is 32.2. The quantitative estimate of drug-likeness (QED) is 0.765. The van der Waals surface area contributed by atoms with Crippen molar-refractivity contribution in [1.82, 2.24) is 10.2 Å². The zero-order chi connectivity index (χ0) is 13.0. The van der Waals surface area contributed by atoms with Crippen LogP contribution in [0.2, 0.25) is 0 Å². The van der Waals surface area contributed by atoms with Crippen molar-refractivity contribution in [3.63, 3.8) is 0 Å². The molecule has 0 bridgehead atoms. The molecule has 1 aromatic heterocycles. The number of nitrogens with two attached hydrogens (primary N) is 1. The zero-order valence-electron chi connectivity index (χ0n) is 10.1. The van der Waals surface area contributed by atoms with Crippen molar-refractivity contribution >= 4 is 34.3 Å². The number of fused-ring (bicyclic) bond motifs is 1. The van der Waals surface area contributed by atoms with Crippen LogP contribution >= 0.6 is 11.8 Å². The highest BCUT2D eigenvalue weighted by Gasteiger charge is 2.13. The second-order valence-corrected chi connectivity index (χ2v) is 5.03. The number of hydrogen-bond acceptors (Lipinski definition) is 4. The number of aromatic nitrogens is 2. The van der Waals surface area contributed by atoms with Gasteiger partial charge in [0.25, 0.3) is 0 Å². The lowest BCUT2D eigenvalue weighted by molar-refractivity contribution is -0.117. The molecule has 2 aromatic rings. The van der Waals surface area contributed by atoms with E-state index in [4.69, 9.17) is 5.73 Å². The van der Waals surface area contributed by atoms with E-state index in [-0.39, 0.29) is 5.91 Å². The van der Waals surface area contributed by atoms with Crippen molar-refractivity contribution in [1.29, 1.82) is 0 Å². The molecule has 0 radical (unpaired) electrons. The predicted molar refractivity (Wildman–Crippen MR) is 75.7 cm³/mol. The number of carbonyl (C=O) groups excluding carboxylic acids is 1. The topological polar surface area (TPSA) is 83.8 Å². The van der Waals surface area contributed by atoms with Gasteiger partial charge in [-0.1, -0.05) is 0 Å². The first-order valence-corrected chi connectivity index (χ1v) is 7.08. The number of aromatic amines is 1. The lowest BCUT2D eigenvalue weighted by Crippen LogP contribution is -2.36. The number of nitrogens with one attached hydrogen (secondary N) is 2. The molecule has 1 amide bonds. The number of benzene rings is 1. The Labute approximate surface area is 110 Å². The molecular formula is C12H16N4OS. The van der Waals surface area contributed by atoms with Crippen LogP contribution in [-0.2, 0) is 4.79 Å². The van der Waals surface area contributed by atoms with Crippen LogP contribution in [0.25, 0.3) is 10.9 Å². The molecule has 0 aliphatic heterocycles. The second-order valence-electron chi connectivity index (χ2n) is 4.05. The van der Waals surface area contributed by atoms with Gasteiger partial charge in [0, 0.05) is 11.1 Å². The van der Waals surface area contributed by atoms with Gasteiger partial charge in [-0.15, -0.1) is 0 Å². The number of rotatable bonds is 5. The minimum atomic E-state index is -0.461. The molecule has 1 atom stereocenters. The molecule has 0 aliphatic rings. The number of anilines is 1. The fourth-order valence-corrected chi connectivity index (χ4v) is 2.12. The largest absolute Gasteiger partial charge is 0.325 e. The maximum Gasteiger partial charge on any atom is 0.241 e. The molecule has 0 spiro atoms. The molecule has 0 saturated carbocycles. The van der Waals surface area contributed by atoms with Gasteiger partial charge in [-0.3, -0.25) is 9.89 Å². The first-order chi connectivity index (χ1) is 8.70. The van der Waals surface area contributed by atoms with E-state index in [1.54, 1.807) is 18.0 Å². The van der Waals surface area contributed by atoms with E-state index >= 15 is 0 Å². The summed E-state index contributed by atoms with van der Waals surface area (Å²) < 4.78 is 0. The smallest absolute Gasteiger partial charge is 0.241 e. The number of H-pyrrole nitrogens is 1. The van der Waals surface area contributed by atoms with Crippen molar-refractivity contribution in [3.8, 4) is 0 Å². The minimum absolute atomic E-state index is 0.146. The summed E-state index contributed by atoms with van der Waals surface area (Å²) in [7, 11) is 0. The Morgan fingerprint density at radius 2 is 2.44 bits per heavy atom. The third kappa shape index (κ3) is 3.02. The van der Waals surface area contributed by atoms with Crippen LogP contribution in [0.5, 0.6) is 0 Å². The van der Waals surface area contributed by atoms with Crippen LogP contribution < -0.4 is 11.1 Å². The standard InChI is InChI=1S/C12H16N4OS/c1-18-5-4-10(13)12(17)15-9-2-3-11-8(6-9)7-14-16-11/h2-3,6-7,10H,4-5,13H2,1H3,(H,14,16)(H,15,17)/t10-/m0/s1. The predicted octanol–water partition coefficient (Wildman–Crippen LogP) is 1.58. The Balaban J connectivity index is 2.01. The second kappa shape index (κ2) is 5.88. The Morgan fingerprint density at radius 3 is 3.22 bits per heavy atom. The fourth-order valence-electron chi connectivity index (χ4n) is 1.63. The molecular weight excluding hydrogens is 248 g/mol. The maximum absolute atomic E-state index is 11.8. The average Bonchev–Trinajstić information content (AvgIpc) is 2.83. The van der Waals surface area contributed by atoms with E-state index < -0.39 is 6.04 Å². The minimum Gasteiger partial charge on any atom is -0.325 e. The van der Waals surface area contributed by atoms with Crippen molar-refractivity contribution in [2.75, 3.05) is 17.3 Å². The first-order valence-electron chi connectivity index (χ1n) is 5.69. The zero-order valence-corrected chi connectivity index (χ0v) is 11.0. The number of amides is 1. The van der Waals surface area contributed by atoms with Gasteiger partial charge in [-0.05, 0) is 36.6 Å². The Kier molecular flexibility index (Phi) is 4.22. The number of carbonyl (C=O) groups is 1. The van der Waals surface area contributed by atoms with Crippen LogP contribution in [0.4, 0.5) is 5.69 Å². The summed E-state index contributed by atoms with van der Waals surface area (Å²) in [5.41, 5.74) is 7.49. The fraction of sp³-hybridized carbons (Fsp3) is 0.333. The molecule has 0 unspecified atom stereocenters. The van der Waals surface area contributed by atoms with Gasteiger partial charge in [0.1, 0.15) is 0 Å². The monoisotopic (exact) mass is 264 g/mol. The third-order valence-corrected chi connectivity index (χ3v) is 3.32. The van der Waals surface area contributed by atoms with Gasteiger partial charge < -0.3 is 11.1 Å². The lowest BCUT2D eigenvalue weighted by atomic mass is 10.2. The highest BCUT2D eigenvalue weighted by Crippen LogP contribution is 2.16. The maximum atomic E-state index is 11.8. The van der Waals surface area contributed by atoms with E-state index in [1.165, 1.54) is 0 Å². The summed E-state index contributed by atoms with van der Waals surface area (Å²) in [5.74, 6) is 0.738. The van der Waals surface area contributed by atoms with E-state index in [2.05, 4.69) is 15.5 Å². The molecule has 2 rings (SSSR count). The summed E-state index contributed by atoms with van der Waals surface area (Å²) in [6.07, 6.45) is 4.40. The highest BCUT2D eigenvalue weighted by molar-refractivity contribution is 7.98. The van der Waals surface area contributed by atoms with Gasteiger partial charge in [-0.2, -0.15) is 16.9 Å². The van der Waals surface area contributed by atoms with Crippen LogP contribution in [0.3, 0.4) is 0 Å². The molecule has 0 aliphatic carbocycles. The van der Waals surface area contributed by atoms with Gasteiger partial charge in [0.15, 0.2) is 0 Å². The number of nitrogens with zero attached hydrogens (tertiary/aromatic N) is 1. The molecule has 1 heterocycles. The van der Waals surface area contributed by atoms with Crippen molar-refractivity contribution < 1.29 is 4.79 Å². The normalized spacial score (nSPS) is 12.6. The lowest BCUT2D eigenvalue weighted by Gasteiger charge is -2.11. The van der Waals surface area contributed by atoms with Gasteiger partial charge in [-0.25, -0.2) is 0 Å². The van der Waals surface area contributed by atoms with Crippen LogP contribution in [0, 0.1) is 0 Å². The Bertz CT molecular complexity index is 540. The summed E-state index contributed by atoms with van der Waals surface area (Å²) in [6.45, 7) is 0. The van der Waals surface area contributed by atoms with Gasteiger partial charge in [0.05, 0.1) is 17.8 Å². The Morgan fingerprint density at radius 1 is 1.61 bits per heavy atom. The Hall–Kier alpha value is -1.53. The molecule has 0 fully saturated rings. The SMILES string of the molecule is CSCC[C@H](N)C(=O)Nc1ccc2[nH]ncc2c1. The van der Waals surface area contributed by atoms with Crippen molar-refractivity contribution in [3.05, 3.63) is 24.4 Å². The number of hydrogen-bond donors (Lipinski definition) is 3. The van der Waals surface area contributed by atoms with E-state index in [0.29, 0.717) is 6.42 Å². The molecule has 5 nitrogen and oxygen atoms in total. The first kappa shape index (κ1) is 12.9. The van der Waals surface area contributed by atoms with Crippen molar-refractivity contribution in [2.45, 2.75) is 12.5 Å². The van der Waals surface area contributed by atoms with E-state index in [0.717, 1.165) is 22.3 Å². The van der Waals surface area contributed by atoms with E-state index in [1.807, 2.05) is 24.5 Å². The average molecular weight is 264 g/mol. The molecule has 96 valence electrons. The summed E-state index contributed by atoms with van der Waals surface area (Å²) in [5, 5.41) is 10.6. The third-order valence-electron chi connectivity index (χ3n) is 2.68. The van der Waals surface area contributed by atoms with E-state index in [9.17, 15) is 4.79 Å². The van der Waals surface area contributed by atoms with Gasteiger partial charge in [0.2, 0.25) is 5.91 Å². The van der Waals surface area contributed by atoms with Crippen LogP contribution in [0.1, 0.15) is 6.42 Å². The summed E-state index contributed by atoms with van der Waals surface area (Å²) in [4.78, 5) is 11.8. The summed E-state index contributed by atoms with van der Waals surface area (Å²) >= 11 is 1.68. The number of thioether (sulfide) groups is 1. The van der Waals surface area contributed by atoms with Crippen molar-refractivity contribution in [2.24, 2.45) is 5.73 Å². The van der Waals surface area contributed by atoms with Crippen LogP contribution in [-0.4, -0.2) is 34.2 Å². The van der Waals surface area contributed by atoms with Gasteiger partial charge >= 0.3 is 0 Å². The molecule has 0 saturated heterocycles. The van der Waals surface area contributed by atoms with Crippen LogP contribution in [0.15, 0.2) is 24.4 Å². The molecule has 1 aromatic carbocycles. The summed E-state index contributed by atoms with van der Waals surface area (Å²) in [6, 6.07) is 5.13. The molecule has 6 heteroatoms.